The smallest absolute Gasteiger partial charge is 0.0125 e. The van der Waals surface area contributed by atoms with Gasteiger partial charge in [-0.15, -0.1) is 0 Å². The summed E-state index contributed by atoms with van der Waals surface area (Å²) in [4.78, 5) is 2.58. The van der Waals surface area contributed by atoms with Crippen LogP contribution in [0.3, 0.4) is 0 Å². The molecule has 0 atom stereocenters. The lowest BCUT2D eigenvalue weighted by Crippen LogP contribution is -2.44. The van der Waals surface area contributed by atoms with E-state index in [1.165, 1.54) is 58.3 Å². The molecule has 0 bridgehead atoms. The Balaban J connectivity index is 0.000000200. The summed E-state index contributed by atoms with van der Waals surface area (Å²) in [5.41, 5.74) is 0.933. The van der Waals surface area contributed by atoms with E-state index in [4.69, 9.17) is 0 Å². The maximum Gasteiger partial charge on any atom is 0.0125 e. The Hall–Kier alpha value is -0.0800. The van der Waals surface area contributed by atoms with Gasteiger partial charge in [-0.1, -0.05) is 27.2 Å². The number of hydrogen-bond donors (Lipinski definition) is 1. The molecule has 20 heavy (non-hydrogen) atoms. The Morgan fingerprint density at radius 1 is 0.800 bits per heavy atom. The molecule has 2 aliphatic heterocycles. The molecule has 120 valence electrons. The second-order valence-electron chi connectivity index (χ2n) is 8.61. The highest BCUT2D eigenvalue weighted by Gasteiger charge is 2.25. The highest BCUT2D eigenvalue weighted by atomic mass is 15.2. The molecular weight excluding hydrogens is 244 g/mol. The van der Waals surface area contributed by atoms with Gasteiger partial charge in [0, 0.05) is 5.54 Å². The van der Waals surface area contributed by atoms with Crippen molar-refractivity contribution in [1.82, 2.24) is 10.2 Å². The van der Waals surface area contributed by atoms with Crippen LogP contribution in [-0.2, 0) is 0 Å². The number of nitrogens with one attached hydrogen (secondary N) is 1. The number of piperidine rings is 2. The molecule has 2 fully saturated rings. The molecule has 0 aliphatic carbocycles. The standard InChI is InChI=1S/2C9H19N/c1-9(2,3)8-4-6-10-7-5-8;1-9(2,3)10-7-5-4-6-8-10/h8,10H,4-7H2,1-3H3;4-8H2,1-3H3. The quantitative estimate of drug-likeness (QED) is 0.712. The Morgan fingerprint density at radius 2 is 1.30 bits per heavy atom. The first-order valence-corrected chi connectivity index (χ1v) is 8.67. The van der Waals surface area contributed by atoms with Crippen LogP contribution < -0.4 is 5.32 Å². The van der Waals surface area contributed by atoms with Gasteiger partial charge in [0.15, 0.2) is 0 Å². The van der Waals surface area contributed by atoms with Gasteiger partial charge in [-0.3, -0.25) is 4.90 Å². The zero-order valence-corrected chi connectivity index (χ0v) is 14.9. The summed E-state index contributed by atoms with van der Waals surface area (Å²) < 4.78 is 0. The number of rotatable bonds is 0. The minimum atomic E-state index is 0.403. The second-order valence-corrected chi connectivity index (χ2v) is 8.61. The fourth-order valence-corrected chi connectivity index (χ4v) is 3.25. The van der Waals surface area contributed by atoms with Crippen molar-refractivity contribution in [2.45, 2.75) is 79.2 Å². The third kappa shape index (κ3) is 6.58. The molecule has 2 rings (SSSR count). The van der Waals surface area contributed by atoms with Crippen LogP contribution in [0.5, 0.6) is 0 Å². The van der Waals surface area contributed by atoms with Gasteiger partial charge in [0.25, 0.3) is 0 Å². The molecule has 2 heterocycles. The van der Waals surface area contributed by atoms with E-state index < -0.39 is 0 Å². The zero-order chi connectivity index (χ0) is 15.2. The first-order valence-electron chi connectivity index (χ1n) is 8.67. The number of nitrogens with zero attached hydrogens (tertiary/aromatic N) is 1. The molecule has 1 N–H and O–H groups in total. The van der Waals surface area contributed by atoms with Crippen LogP contribution >= 0.6 is 0 Å². The van der Waals surface area contributed by atoms with E-state index in [0.717, 1.165) is 5.92 Å². The first kappa shape index (κ1) is 18.0. The molecule has 2 saturated heterocycles. The van der Waals surface area contributed by atoms with Crippen molar-refractivity contribution in [1.29, 1.82) is 0 Å². The molecule has 0 aromatic rings. The maximum atomic E-state index is 3.39. The normalized spacial score (nSPS) is 23.1. The molecule has 0 radical (unpaired) electrons. The highest BCUT2D eigenvalue weighted by molar-refractivity contribution is 4.79. The summed E-state index contributed by atoms with van der Waals surface area (Å²) >= 11 is 0. The molecule has 0 saturated carbocycles. The lowest BCUT2D eigenvalue weighted by atomic mass is 9.76. The van der Waals surface area contributed by atoms with Gasteiger partial charge in [0.05, 0.1) is 0 Å². The first-order chi connectivity index (χ1) is 9.21. The van der Waals surface area contributed by atoms with Gasteiger partial charge in [-0.25, -0.2) is 0 Å². The minimum Gasteiger partial charge on any atom is -0.317 e. The van der Waals surface area contributed by atoms with Crippen molar-refractivity contribution in [2.24, 2.45) is 11.3 Å². The summed E-state index contributed by atoms with van der Waals surface area (Å²) in [6.07, 6.45) is 6.97. The van der Waals surface area contributed by atoms with Crippen LogP contribution in [0.15, 0.2) is 0 Å². The lowest BCUT2D eigenvalue weighted by Gasteiger charge is -2.38. The largest absolute Gasteiger partial charge is 0.317 e. The molecule has 0 aromatic carbocycles. The third-order valence-electron chi connectivity index (χ3n) is 4.87. The van der Waals surface area contributed by atoms with E-state index in [1.54, 1.807) is 0 Å². The summed E-state index contributed by atoms with van der Waals surface area (Å²) in [5, 5.41) is 3.39. The van der Waals surface area contributed by atoms with Crippen molar-refractivity contribution >= 4 is 0 Å². The second kappa shape index (κ2) is 7.79. The predicted molar refractivity (Wildman–Crippen MR) is 90.2 cm³/mol. The van der Waals surface area contributed by atoms with Crippen molar-refractivity contribution in [2.75, 3.05) is 26.2 Å². The number of hydrogen-bond acceptors (Lipinski definition) is 2. The molecular formula is C18H38N2. The summed E-state index contributed by atoms with van der Waals surface area (Å²) in [5.74, 6) is 0.939. The predicted octanol–water partition coefficient (Wildman–Crippen LogP) is 4.30. The van der Waals surface area contributed by atoms with Crippen LogP contribution in [0.2, 0.25) is 0 Å². The summed E-state index contributed by atoms with van der Waals surface area (Å²) in [6, 6.07) is 0. The summed E-state index contributed by atoms with van der Waals surface area (Å²) in [6.45, 7) is 19.0. The average molecular weight is 283 g/mol. The molecule has 0 spiro atoms. The highest BCUT2D eigenvalue weighted by Crippen LogP contribution is 2.32. The molecule has 0 aromatic heterocycles. The van der Waals surface area contributed by atoms with Gasteiger partial charge in [0.2, 0.25) is 0 Å². The lowest BCUT2D eigenvalue weighted by molar-refractivity contribution is 0.111. The fourth-order valence-electron chi connectivity index (χ4n) is 3.25. The fraction of sp³-hybridized carbons (Fsp3) is 1.00. The Morgan fingerprint density at radius 3 is 1.60 bits per heavy atom. The van der Waals surface area contributed by atoms with Crippen LogP contribution in [0, 0.1) is 11.3 Å². The van der Waals surface area contributed by atoms with E-state index in [2.05, 4.69) is 51.8 Å². The third-order valence-corrected chi connectivity index (χ3v) is 4.87. The Kier molecular flexibility index (Phi) is 7.00. The Bertz CT molecular complexity index is 220. The van der Waals surface area contributed by atoms with Crippen molar-refractivity contribution < 1.29 is 0 Å². The average Bonchev–Trinajstić information content (AvgIpc) is 2.40. The molecule has 0 amide bonds. The topological polar surface area (TPSA) is 15.3 Å². The maximum absolute atomic E-state index is 3.39. The molecule has 2 aliphatic rings. The van der Waals surface area contributed by atoms with E-state index in [9.17, 15) is 0 Å². The van der Waals surface area contributed by atoms with Crippen molar-refractivity contribution in [3.05, 3.63) is 0 Å². The summed E-state index contributed by atoms with van der Waals surface area (Å²) in [7, 11) is 0. The van der Waals surface area contributed by atoms with E-state index >= 15 is 0 Å². The van der Waals surface area contributed by atoms with E-state index in [1.807, 2.05) is 0 Å². The zero-order valence-electron chi connectivity index (χ0n) is 14.9. The van der Waals surface area contributed by atoms with Gasteiger partial charge >= 0.3 is 0 Å². The van der Waals surface area contributed by atoms with Gasteiger partial charge in [0.1, 0.15) is 0 Å². The van der Waals surface area contributed by atoms with Crippen LogP contribution in [0.1, 0.15) is 73.6 Å². The molecule has 2 heteroatoms. The van der Waals surface area contributed by atoms with Crippen molar-refractivity contribution in [3.8, 4) is 0 Å². The van der Waals surface area contributed by atoms with E-state index in [-0.39, 0.29) is 0 Å². The monoisotopic (exact) mass is 282 g/mol. The minimum absolute atomic E-state index is 0.403. The van der Waals surface area contributed by atoms with Gasteiger partial charge in [-0.2, -0.15) is 0 Å². The molecule has 2 nitrogen and oxygen atoms in total. The van der Waals surface area contributed by atoms with Gasteiger partial charge in [-0.05, 0) is 84.0 Å². The van der Waals surface area contributed by atoms with E-state index in [0.29, 0.717) is 11.0 Å². The number of likely N-dealkylation sites (tertiary alicyclic amines) is 1. The van der Waals surface area contributed by atoms with Gasteiger partial charge < -0.3 is 5.32 Å². The van der Waals surface area contributed by atoms with Crippen LogP contribution in [-0.4, -0.2) is 36.6 Å². The SMILES string of the molecule is CC(C)(C)C1CCNCC1.CC(C)(C)N1CCCCC1. The van der Waals surface area contributed by atoms with Crippen LogP contribution in [0.25, 0.3) is 0 Å². The molecule has 0 unspecified atom stereocenters. The van der Waals surface area contributed by atoms with Crippen LogP contribution in [0.4, 0.5) is 0 Å². The van der Waals surface area contributed by atoms with Crippen molar-refractivity contribution in [3.63, 3.8) is 0 Å². The Labute approximate surface area is 127 Å².